The van der Waals surface area contributed by atoms with E-state index in [9.17, 15) is 4.79 Å². The molecule has 0 saturated heterocycles. The van der Waals surface area contributed by atoms with Crippen molar-refractivity contribution in [1.29, 1.82) is 0 Å². The SMILES string of the molecule is Cn1nc(CNC(=O)c2cccc3ccccc23)cc1C1CC1. The number of nitrogens with zero attached hydrogens (tertiary/aromatic N) is 2. The lowest BCUT2D eigenvalue weighted by Crippen LogP contribution is -2.23. The highest BCUT2D eigenvalue weighted by molar-refractivity contribution is 6.06. The zero-order chi connectivity index (χ0) is 15.8. The van der Waals surface area contributed by atoms with Crippen molar-refractivity contribution in [1.82, 2.24) is 15.1 Å². The topological polar surface area (TPSA) is 46.9 Å². The predicted molar refractivity (Wildman–Crippen MR) is 90.3 cm³/mol. The van der Waals surface area contributed by atoms with Gasteiger partial charge in [0.1, 0.15) is 0 Å². The number of hydrogen-bond acceptors (Lipinski definition) is 2. The Labute approximate surface area is 135 Å². The van der Waals surface area contributed by atoms with Crippen molar-refractivity contribution in [2.45, 2.75) is 25.3 Å². The largest absolute Gasteiger partial charge is 0.346 e. The number of hydrogen-bond donors (Lipinski definition) is 1. The van der Waals surface area contributed by atoms with Crippen LogP contribution >= 0.6 is 0 Å². The molecule has 4 nitrogen and oxygen atoms in total. The lowest BCUT2D eigenvalue weighted by Gasteiger charge is -2.07. The molecule has 0 unspecified atom stereocenters. The monoisotopic (exact) mass is 305 g/mol. The molecule has 1 aromatic heterocycles. The third-order valence-corrected chi connectivity index (χ3v) is 4.43. The molecule has 3 aromatic rings. The molecule has 116 valence electrons. The third kappa shape index (κ3) is 2.72. The van der Waals surface area contributed by atoms with Gasteiger partial charge in [-0.05, 0) is 35.7 Å². The summed E-state index contributed by atoms with van der Waals surface area (Å²) >= 11 is 0. The summed E-state index contributed by atoms with van der Waals surface area (Å²) in [6.45, 7) is 0.461. The maximum absolute atomic E-state index is 12.5. The molecule has 0 bridgehead atoms. The van der Waals surface area contributed by atoms with Crippen molar-refractivity contribution in [3.8, 4) is 0 Å². The van der Waals surface area contributed by atoms with Crippen LogP contribution in [0, 0.1) is 0 Å². The molecule has 0 radical (unpaired) electrons. The fraction of sp³-hybridized carbons (Fsp3) is 0.263. The molecule has 1 N–H and O–H groups in total. The first-order chi connectivity index (χ1) is 11.2. The first-order valence-corrected chi connectivity index (χ1v) is 8.01. The molecular formula is C19H19N3O. The molecular weight excluding hydrogens is 286 g/mol. The van der Waals surface area contributed by atoms with Crippen molar-refractivity contribution < 1.29 is 4.79 Å². The molecule has 0 aliphatic heterocycles. The molecule has 1 aliphatic rings. The van der Waals surface area contributed by atoms with E-state index in [0.717, 1.165) is 16.5 Å². The van der Waals surface area contributed by atoms with Crippen molar-refractivity contribution in [3.05, 3.63) is 65.5 Å². The molecule has 2 aromatic carbocycles. The van der Waals surface area contributed by atoms with E-state index in [-0.39, 0.29) is 5.91 Å². The van der Waals surface area contributed by atoms with Gasteiger partial charge in [-0.3, -0.25) is 9.48 Å². The highest BCUT2D eigenvalue weighted by atomic mass is 16.1. The zero-order valence-electron chi connectivity index (χ0n) is 13.1. The van der Waals surface area contributed by atoms with E-state index < -0.39 is 0 Å². The minimum absolute atomic E-state index is 0.0552. The Bertz CT molecular complexity index is 872. The van der Waals surface area contributed by atoms with E-state index >= 15 is 0 Å². The van der Waals surface area contributed by atoms with Crippen molar-refractivity contribution >= 4 is 16.7 Å². The highest BCUT2D eigenvalue weighted by Crippen LogP contribution is 2.39. The van der Waals surface area contributed by atoms with Crippen molar-refractivity contribution in [2.24, 2.45) is 7.05 Å². The average molecular weight is 305 g/mol. The number of rotatable bonds is 4. The number of aryl methyl sites for hydroxylation is 1. The van der Waals surface area contributed by atoms with Gasteiger partial charge in [0.05, 0.1) is 12.2 Å². The van der Waals surface area contributed by atoms with Crippen LogP contribution in [0.15, 0.2) is 48.5 Å². The van der Waals surface area contributed by atoms with Crippen LogP contribution in [-0.2, 0) is 13.6 Å². The van der Waals surface area contributed by atoms with Gasteiger partial charge in [0.15, 0.2) is 0 Å². The summed E-state index contributed by atoms with van der Waals surface area (Å²) in [5, 5.41) is 9.55. The Morgan fingerprint density at radius 2 is 2.00 bits per heavy atom. The van der Waals surface area contributed by atoms with E-state index in [0.29, 0.717) is 18.0 Å². The van der Waals surface area contributed by atoms with Crippen LogP contribution in [0.3, 0.4) is 0 Å². The van der Waals surface area contributed by atoms with Gasteiger partial charge in [0, 0.05) is 24.2 Å². The quantitative estimate of drug-likeness (QED) is 0.803. The van der Waals surface area contributed by atoms with Crippen molar-refractivity contribution in [3.63, 3.8) is 0 Å². The second kappa shape index (κ2) is 5.54. The van der Waals surface area contributed by atoms with E-state index in [2.05, 4.69) is 16.5 Å². The summed E-state index contributed by atoms with van der Waals surface area (Å²) < 4.78 is 1.94. The van der Waals surface area contributed by atoms with E-state index in [1.54, 1.807) is 0 Å². The summed E-state index contributed by atoms with van der Waals surface area (Å²) in [7, 11) is 1.98. The van der Waals surface area contributed by atoms with Gasteiger partial charge in [0.25, 0.3) is 5.91 Å². The van der Waals surface area contributed by atoms with Gasteiger partial charge in [-0.25, -0.2) is 0 Å². The summed E-state index contributed by atoms with van der Waals surface area (Å²) in [6, 6.07) is 15.9. The average Bonchev–Trinajstić information content (AvgIpc) is 3.35. The fourth-order valence-corrected chi connectivity index (χ4v) is 3.08. The van der Waals surface area contributed by atoms with Gasteiger partial charge >= 0.3 is 0 Å². The molecule has 1 aliphatic carbocycles. The molecule has 0 spiro atoms. The number of carbonyl (C=O) groups is 1. The first kappa shape index (κ1) is 14.0. The number of fused-ring (bicyclic) bond motifs is 1. The molecule has 4 heteroatoms. The summed E-state index contributed by atoms with van der Waals surface area (Å²) in [4.78, 5) is 12.5. The van der Waals surface area contributed by atoms with Crippen LogP contribution in [-0.4, -0.2) is 15.7 Å². The molecule has 1 saturated carbocycles. The smallest absolute Gasteiger partial charge is 0.252 e. The third-order valence-electron chi connectivity index (χ3n) is 4.43. The molecule has 1 fully saturated rings. The summed E-state index contributed by atoms with van der Waals surface area (Å²) in [5.74, 6) is 0.607. The van der Waals surface area contributed by atoms with Crippen LogP contribution in [0.1, 0.15) is 40.5 Å². The standard InChI is InChI=1S/C19H19N3O/c1-22-18(14-9-10-14)11-15(21-22)12-20-19(23)17-8-4-6-13-5-2-3-7-16(13)17/h2-8,11,14H,9-10,12H2,1H3,(H,20,23). The van der Waals surface area contributed by atoms with Crippen molar-refractivity contribution in [2.75, 3.05) is 0 Å². The summed E-state index contributed by atoms with van der Waals surface area (Å²) in [6.07, 6.45) is 2.50. The van der Waals surface area contributed by atoms with E-state index in [1.165, 1.54) is 18.5 Å². The van der Waals surface area contributed by atoms with Gasteiger partial charge in [-0.1, -0.05) is 36.4 Å². The van der Waals surface area contributed by atoms with Crippen LogP contribution in [0.4, 0.5) is 0 Å². The number of aromatic nitrogens is 2. The fourth-order valence-electron chi connectivity index (χ4n) is 3.08. The second-order valence-electron chi connectivity index (χ2n) is 6.17. The van der Waals surface area contributed by atoms with E-state index in [4.69, 9.17) is 0 Å². The summed E-state index contributed by atoms with van der Waals surface area (Å²) in [5.41, 5.74) is 2.91. The number of carbonyl (C=O) groups excluding carboxylic acids is 1. The maximum Gasteiger partial charge on any atom is 0.252 e. The predicted octanol–water partition coefficient (Wildman–Crippen LogP) is 3.38. The molecule has 4 rings (SSSR count). The highest BCUT2D eigenvalue weighted by Gasteiger charge is 2.27. The Morgan fingerprint density at radius 1 is 1.22 bits per heavy atom. The van der Waals surface area contributed by atoms with Gasteiger partial charge in [0.2, 0.25) is 0 Å². The number of amides is 1. The molecule has 23 heavy (non-hydrogen) atoms. The van der Waals surface area contributed by atoms with Crippen LogP contribution in [0.5, 0.6) is 0 Å². The zero-order valence-corrected chi connectivity index (χ0v) is 13.1. The Hall–Kier alpha value is -2.62. The van der Waals surface area contributed by atoms with Crippen LogP contribution in [0.2, 0.25) is 0 Å². The van der Waals surface area contributed by atoms with Crippen LogP contribution in [0.25, 0.3) is 10.8 Å². The van der Waals surface area contributed by atoms with Gasteiger partial charge in [-0.2, -0.15) is 5.10 Å². The minimum atomic E-state index is -0.0552. The minimum Gasteiger partial charge on any atom is -0.346 e. The van der Waals surface area contributed by atoms with Gasteiger partial charge < -0.3 is 5.32 Å². The Morgan fingerprint density at radius 3 is 2.83 bits per heavy atom. The lowest BCUT2D eigenvalue weighted by atomic mass is 10.0. The van der Waals surface area contributed by atoms with Gasteiger partial charge in [-0.15, -0.1) is 0 Å². The normalized spacial score (nSPS) is 14.1. The lowest BCUT2D eigenvalue weighted by molar-refractivity contribution is 0.0952. The Balaban J connectivity index is 1.52. The second-order valence-corrected chi connectivity index (χ2v) is 6.17. The number of nitrogens with one attached hydrogen (secondary N) is 1. The number of benzene rings is 2. The Kier molecular flexibility index (Phi) is 3.37. The molecule has 0 atom stereocenters. The maximum atomic E-state index is 12.5. The van der Waals surface area contributed by atoms with E-state index in [1.807, 2.05) is 54.2 Å². The first-order valence-electron chi connectivity index (χ1n) is 8.01. The molecule has 1 amide bonds. The molecule has 1 heterocycles. The van der Waals surface area contributed by atoms with Crippen LogP contribution < -0.4 is 5.32 Å².